The highest BCUT2D eigenvalue weighted by atomic mass is 32.2. The molecule has 2 rings (SSSR count). The number of nitrogens with zero attached hydrogens (tertiary/aromatic N) is 2. The summed E-state index contributed by atoms with van der Waals surface area (Å²) in [5.41, 5.74) is 0.353. The van der Waals surface area contributed by atoms with Gasteiger partial charge in [0.1, 0.15) is 4.88 Å². The zero-order valence-corrected chi connectivity index (χ0v) is 12.9. The van der Waals surface area contributed by atoms with Crippen molar-refractivity contribution in [1.29, 1.82) is 0 Å². The summed E-state index contributed by atoms with van der Waals surface area (Å²) in [4.78, 5) is 24.1. The molecule has 0 aliphatic heterocycles. The van der Waals surface area contributed by atoms with Crippen LogP contribution in [0.4, 0.5) is 20.2 Å². The first-order valence-corrected chi connectivity index (χ1v) is 7.71. The number of hydrogen-bond acceptors (Lipinski definition) is 5. The molecule has 0 N–H and O–H groups in total. The smallest absolute Gasteiger partial charge is 0.288 e. The highest BCUT2D eigenvalue weighted by molar-refractivity contribution is 7.99. The van der Waals surface area contributed by atoms with Gasteiger partial charge in [0.05, 0.1) is 4.92 Å². The molecule has 0 bridgehead atoms. The molecule has 1 amide bonds. The molecule has 0 radical (unpaired) electrons. The summed E-state index contributed by atoms with van der Waals surface area (Å²) in [6, 6.07) is 6.90. The number of carbonyl (C=O) groups excluding carboxylic acids is 1. The summed E-state index contributed by atoms with van der Waals surface area (Å²) in [5.74, 6) is -3.04. The van der Waals surface area contributed by atoms with Crippen molar-refractivity contribution in [3.05, 3.63) is 50.7 Å². The Morgan fingerprint density at radius 1 is 1.32 bits per heavy atom. The lowest BCUT2D eigenvalue weighted by molar-refractivity contribution is -0.384. The summed E-state index contributed by atoms with van der Waals surface area (Å²) in [7, 11) is 1.49. The minimum Gasteiger partial charge on any atom is -0.311 e. The summed E-state index contributed by atoms with van der Waals surface area (Å²) in [5, 5.41) is 12.2. The van der Waals surface area contributed by atoms with Crippen LogP contribution in [0.2, 0.25) is 0 Å². The predicted octanol–water partition coefficient (Wildman–Crippen LogP) is 4.25. The lowest BCUT2D eigenvalue weighted by atomic mass is 10.2. The number of halogens is 2. The van der Waals surface area contributed by atoms with Crippen LogP contribution < -0.4 is 4.90 Å². The molecule has 2 aromatic rings. The van der Waals surface area contributed by atoms with Gasteiger partial charge in [-0.25, -0.2) is 0 Å². The highest BCUT2D eigenvalue weighted by Gasteiger charge is 2.21. The standard InChI is InChI=1S/C13H10F2N2O3S2/c1-16(8-2-4-9(5-3-8)17(19)20)12(18)11-10(6-7-21-11)22-13(14)15/h2-7,13H,1H3. The first kappa shape index (κ1) is 16.4. The topological polar surface area (TPSA) is 63.5 Å². The van der Waals surface area contributed by atoms with Gasteiger partial charge in [0, 0.05) is 29.8 Å². The van der Waals surface area contributed by atoms with Crippen LogP contribution in [-0.4, -0.2) is 23.6 Å². The zero-order valence-electron chi connectivity index (χ0n) is 11.2. The molecule has 5 nitrogen and oxygen atoms in total. The number of anilines is 1. The Morgan fingerprint density at radius 2 is 1.95 bits per heavy atom. The van der Waals surface area contributed by atoms with E-state index in [9.17, 15) is 23.7 Å². The number of thiophene rings is 1. The van der Waals surface area contributed by atoms with E-state index < -0.39 is 16.6 Å². The Bertz CT molecular complexity index is 689. The van der Waals surface area contributed by atoms with Crippen LogP contribution in [0.5, 0.6) is 0 Å². The fourth-order valence-electron chi connectivity index (χ4n) is 1.71. The number of rotatable bonds is 5. The van der Waals surface area contributed by atoms with Gasteiger partial charge < -0.3 is 4.90 Å². The summed E-state index contributed by atoms with van der Waals surface area (Å²) >= 11 is 1.40. The number of non-ortho nitro benzene ring substituents is 1. The van der Waals surface area contributed by atoms with E-state index in [1.807, 2.05) is 0 Å². The molecular weight excluding hydrogens is 334 g/mol. The van der Waals surface area contributed by atoms with Gasteiger partial charge in [0.2, 0.25) is 0 Å². The number of thioether (sulfide) groups is 1. The van der Waals surface area contributed by atoms with E-state index in [4.69, 9.17) is 0 Å². The fourth-order valence-corrected chi connectivity index (χ4v) is 3.38. The summed E-state index contributed by atoms with van der Waals surface area (Å²) < 4.78 is 24.9. The largest absolute Gasteiger partial charge is 0.311 e. The SMILES string of the molecule is CN(C(=O)c1sccc1SC(F)F)c1ccc([N+](=O)[O-])cc1. The van der Waals surface area contributed by atoms with Gasteiger partial charge >= 0.3 is 0 Å². The van der Waals surface area contributed by atoms with Crippen molar-refractivity contribution in [3.63, 3.8) is 0 Å². The third-order valence-electron chi connectivity index (χ3n) is 2.79. The van der Waals surface area contributed by atoms with E-state index in [0.717, 1.165) is 11.3 Å². The number of benzene rings is 1. The molecule has 0 aliphatic carbocycles. The molecule has 0 spiro atoms. The average molecular weight is 344 g/mol. The van der Waals surface area contributed by atoms with Gasteiger partial charge in [-0.3, -0.25) is 14.9 Å². The third kappa shape index (κ3) is 3.60. The number of carbonyl (C=O) groups is 1. The second kappa shape index (κ2) is 6.84. The van der Waals surface area contributed by atoms with Crippen molar-refractivity contribution in [2.75, 3.05) is 11.9 Å². The molecule has 0 unspecified atom stereocenters. The molecule has 0 saturated heterocycles. The number of nitro benzene ring substituents is 1. The molecule has 1 aromatic heterocycles. The quantitative estimate of drug-likeness (QED) is 0.462. The minimum absolute atomic E-state index is 0.0883. The summed E-state index contributed by atoms with van der Waals surface area (Å²) in [6.45, 7) is 0. The van der Waals surface area contributed by atoms with E-state index in [2.05, 4.69) is 0 Å². The van der Waals surface area contributed by atoms with Crippen molar-refractivity contribution < 1.29 is 18.5 Å². The maximum absolute atomic E-state index is 12.5. The van der Waals surface area contributed by atoms with Crippen LogP contribution in [0, 0.1) is 10.1 Å². The first-order valence-electron chi connectivity index (χ1n) is 5.95. The van der Waals surface area contributed by atoms with E-state index in [1.165, 1.54) is 42.3 Å². The Kier molecular flexibility index (Phi) is 5.09. The minimum atomic E-state index is -2.61. The number of hydrogen-bond donors (Lipinski definition) is 0. The molecule has 0 fully saturated rings. The molecular formula is C13H10F2N2O3S2. The van der Waals surface area contributed by atoms with Crippen LogP contribution in [0.25, 0.3) is 0 Å². The average Bonchev–Trinajstić information content (AvgIpc) is 2.93. The van der Waals surface area contributed by atoms with Gasteiger partial charge in [-0.05, 0) is 23.6 Å². The normalized spacial score (nSPS) is 10.7. The number of nitro groups is 1. The number of amides is 1. The Labute approximate surface area is 132 Å². The molecule has 1 aromatic carbocycles. The predicted molar refractivity (Wildman–Crippen MR) is 82.0 cm³/mol. The molecule has 22 heavy (non-hydrogen) atoms. The van der Waals surface area contributed by atoms with E-state index in [0.29, 0.717) is 17.4 Å². The van der Waals surface area contributed by atoms with E-state index in [1.54, 1.807) is 5.38 Å². The van der Waals surface area contributed by atoms with E-state index >= 15 is 0 Å². The van der Waals surface area contributed by atoms with Gasteiger partial charge in [-0.2, -0.15) is 8.78 Å². The lowest BCUT2D eigenvalue weighted by Gasteiger charge is -2.17. The number of alkyl halides is 2. The van der Waals surface area contributed by atoms with Gasteiger partial charge in [-0.1, -0.05) is 11.8 Å². The molecule has 1 heterocycles. The maximum atomic E-state index is 12.5. The van der Waals surface area contributed by atoms with Crippen molar-refractivity contribution in [2.45, 2.75) is 10.7 Å². The van der Waals surface area contributed by atoms with Crippen molar-refractivity contribution in [2.24, 2.45) is 0 Å². The molecule has 0 saturated carbocycles. The summed E-state index contributed by atoms with van der Waals surface area (Å²) in [6.07, 6.45) is 0. The molecule has 9 heteroatoms. The van der Waals surface area contributed by atoms with Crippen LogP contribution in [0.15, 0.2) is 40.6 Å². The maximum Gasteiger partial charge on any atom is 0.288 e. The van der Waals surface area contributed by atoms with Crippen LogP contribution >= 0.6 is 23.1 Å². The van der Waals surface area contributed by atoms with Crippen LogP contribution in [0.3, 0.4) is 0 Å². The molecule has 0 atom stereocenters. The van der Waals surface area contributed by atoms with Crippen molar-refractivity contribution in [1.82, 2.24) is 0 Å². The fraction of sp³-hybridized carbons (Fsp3) is 0.154. The third-order valence-corrected chi connectivity index (χ3v) is 4.60. The second-order valence-electron chi connectivity index (χ2n) is 4.13. The van der Waals surface area contributed by atoms with Crippen LogP contribution in [-0.2, 0) is 0 Å². The monoisotopic (exact) mass is 344 g/mol. The Balaban J connectivity index is 2.22. The Hall–Kier alpha value is -2.00. The van der Waals surface area contributed by atoms with Crippen molar-refractivity contribution in [3.8, 4) is 0 Å². The zero-order chi connectivity index (χ0) is 16.3. The van der Waals surface area contributed by atoms with E-state index in [-0.39, 0.29) is 15.5 Å². The molecule has 116 valence electrons. The Morgan fingerprint density at radius 3 is 2.50 bits per heavy atom. The highest BCUT2D eigenvalue weighted by Crippen LogP contribution is 2.33. The first-order chi connectivity index (χ1) is 10.4. The van der Waals surface area contributed by atoms with Crippen LogP contribution in [0.1, 0.15) is 9.67 Å². The second-order valence-corrected chi connectivity index (χ2v) is 6.08. The molecule has 0 aliphatic rings. The van der Waals surface area contributed by atoms with Gasteiger partial charge in [-0.15, -0.1) is 11.3 Å². The van der Waals surface area contributed by atoms with Gasteiger partial charge in [0.15, 0.2) is 0 Å². The lowest BCUT2D eigenvalue weighted by Crippen LogP contribution is -2.25. The van der Waals surface area contributed by atoms with Gasteiger partial charge in [0.25, 0.3) is 17.4 Å². The van der Waals surface area contributed by atoms with Crippen molar-refractivity contribution >= 4 is 40.4 Å².